The Morgan fingerprint density at radius 3 is 2.93 bits per heavy atom. The Morgan fingerprint density at radius 2 is 2.14 bits per heavy atom. The predicted octanol–water partition coefficient (Wildman–Crippen LogP) is 5.47. The second-order valence-corrected chi connectivity index (χ2v) is 8.93. The number of carbonyl (C=O) groups is 1. The van der Waals surface area contributed by atoms with Crippen LogP contribution in [0.1, 0.15) is 48.0 Å². The van der Waals surface area contributed by atoms with E-state index in [1.165, 1.54) is 11.3 Å². The normalized spacial score (nSPS) is 17.6. The summed E-state index contributed by atoms with van der Waals surface area (Å²) in [5.41, 5.74) is 1.73. The van der Waals surface area contributed by atoms with E-state index in [1.54, 1.807) is 0 Å². The van der Waals surface area contributed by atoms with Gasteiger partial charge in [0.05, 0.1) is 27.4 Å². The summed E-state index contributed by atoms with van der Waals surface area (Å²) in [6.07, 6.45) is 4.21. The summed E-state index contributed by atoms with van der Waals surface area (Å²) in [6.45, 7) is 6.43. The molecule has 0 unspecified atom stereocenters. The van der Waals surface area contributed by atoms with Crippen LogP contribution < -0.4 is 0 Å². The van der Waals surface area contributed by atoms with E-state index in [1.807, 2.05) is 46.8 Å². The van der Waals surface area contributed by atoms with Gasteiger partial charge in [0.25, 0.3) is 5.91 Å². The van der Waals surface area contributed by atoms with Crippen LogP contribution >= 0.6 is 22.9 Å². The van der Waals surface area contributed by atoms with Gasteiger partial charge >= 0.3 is 0 Å². The van der Waals surface area contributed by atoms with Crippen molar-refractivity contribution in [2.45, 2.75) is 45.6 Å². The monoisotopic (exact) mass is 431 g/mol. The molecule has 0 spiro atoms. The highest BCUT2D eigenvalue weighted by atomic mass is 35.5. The van der Waals surface area contributed by atoms with Crippen LogP contribution in [0.25, 0.3) is 15.9 Å². The van der Waals surface area contributed by atoms with Crippen LogP contribution in [0, 0.1) is 6.92 Å². The molecule has 0 bridgehead atoms. The van der Waals surface area contributed by atoms with Crippen molar-refractivity contribution in [3.8, 4) is 5.69 Å². The lowest BCUT2D eigenvalue weighted by Gasteiger charge is -2.20. The van der Waals surface area contributed by atoms with Crippen LogP contribution in [-0.2, 0) is 4.74 Å². The first-order valence-electron chi connectivity index (χ1n) is 10.2. The smallest absolute Gasteiger partial charge is 0.264 e. The standard InChI is InChI=1S/C22H26ClN3O2S/c1-3-13-28-16-7-6-11-25(12-10-16)21(27)20-14-17-15(2)24-26(22(17)29-20)19-9-5-4-8-18(19)23/h4-5,8-9,14,16H,3,6-7,10-13H2,1-2H3/t16-/m1/s1. The van der Waals surface area contributed by atoms with Crippen molar-refractivity contribution in [3.63, 3.8) is 0 Å². The molecule has 1 saturated heterocycles. The third kappa shape index (κ3) is 4.20. The van der Waals surface area contributed by atoms with E-state index in [-0.39, 0.29) is 12.0 Å². The van der Waals surface area contributed by atoms with E-state index in [2.05, 4.69) is 12.0 Å². The lowest BCUT2D eigenvalue weighted by atomic mass is 10.2. The summed E-state index contributed by atoms with van der Waals surface area (Å²) < 4.78 is 7.77. The average molecular weight is 432 g/mol. The molecule has 1 amide bonds. The zero-order chi connectivity index (χ0) is 20.4. The fourth-order valence-electron chi connectivity index (χ4n) is 3.82. The second-order valence-electron chi connectivity index (χ2n) is 7.49. The number of hydrogen-bond acceptors (Lipinski definition) is 4. The van der Waals surface area contributed by atoms with Crippen LogP contribution in [0.3, 0.4) is 0 Å². The highest BCUT2D eigenvalue weighted by Gasteiger charge is 2.25. The number of likely N-dealkylation sites (tertiary alicyclic amines) is 1. The number of carbonyl (C=O) groups excluding carboxylic acids is 1. The maximum Gasteiger partial charge on any atom is 0.264 e. The molecule has 1 fully saturated rings. The summed E-state index contributed by atoms with van der Waals surface area (Å²) in [5, 5.41) is 6.30. The molecule has 2 aromatic heterocycles. The van der Waals surface area contributed by atoms with Gasteiger partial charge in [-0.25, -0.2) is 4.68 Å². The van der Waals surface area contributed by atoms with E-state index in [0.29, 0.717) is 5.02 Å². The molecule has 7 heteroatoms. The first-order chi connectivity index (χ1) is 14.1. The summed E-state index contributed by atoms with van der Waals surface area (Å²) >= 11 is 7.88. The number of ether oxygens (including phenoxy) is 1. The number of amides is 1. The van der Waals surface area contributed by atoms with E-state index in [4.69, 9.17) is 16.3 Å². The minimum Gasteiger partial charge on any atom is -0.378 e. The van der Waals surface area contributed by atoms with Gasteiger partial charge in [-0.1, -0.05) is 30.7 Å². The first kappa shape index (κ1) is 20.4. The lowest BCUT2D eigenvalue weighted by molar-refractivity contribution is 0.0432. The number of hydrogen-bond donors (Lipinski definition) is 0. The Hall–Kier alpha value is -1.89. The zero-order valence-electron chi connectivity index (χ0n) is 16.9. The maximum atomic E-state index is 13.2. The number of thiophene rings is 1. The lowest BCUT2D eigenvalue weighted by Crippen LogP contribution is -2.31. The maximum absolute atomic E-state index is 13.2. The van der Waals surface area contributed by atoms with Gasteiger partial charge in [-0.3, -0.25) is 4.79 Å². The van der Waals surface area contributed by atoms with Crippen molar-refractivity contribution in [1.29, 1.82) is 0 Å². The zero-order valence-corrected chi connectivity index (χ0v) is 18.4. The molecule has 0 aliphatic carbocycles. The molecule has 4 rings (SSSR count). The molecule has 3 aromatic rings. The van der Waals surface area contributed by atoms with Crippen molar-refractivity contribution in [3.05, 3.63) is 45.9 Å². The molecular weight excluding hydrogens is 406 g/mol. The highest BCUT2D eigenvalue weighted by molar-refractivity contribution is 7.20. The van der Waals surface area contributed by atoms with Gasteiger partial charge in [0.1, 0.15) is 4.83 Å². The van der Waals surface area contributed by atoms with Gasteiger partial charge in [0.2, 0.25) is 0 Å². The fraction of sp³-hybridized carbons (Fsp3) is 0.455. The Labute approximate surface area is 180 Å². The van der Waals surface area contributed by atoms with E-state index < -0.39 is 0 Å². The van der Waals surface area contributed by atoms with Crippen molar-refractivity contribution in [2.75, 3.05) is 19.7 Å². The molecule has 3 heterocycles. The quantitative estimate of drug-likeness (QED) is 0.538. The Kier molecular flexibility index (Phi) is 6.23. The molecular formula is C22H26ClN3O2S. The van der Waals surface area contributed by atoms with Gasteiger partial charge < -0.3 is 9.64 Å². The highest BCUT2D eigenvalue weighted by Crippen LogP contribution is 2.33. The molecule has 154 valence electrons. The number of nitrogens with zero attached hydrogens (tertiary/aromatic N) is 3. The Morgan fingerprint density at radius 1 is 1.31 bits per heavy atom. The summed E-state index contributed by atoms with van der Waals surface area (Å²) in [6, 6.07) is 9.62. The Bertz CT molecular complexity index is 1010. The van der Waals surface area contributed by atoms with E-state index in [9.17, 15) is 4.79 Å². The van der Waals surface area contributed by atoms with E-state index in [0.717, 1.165) is 71.9 Å². The number of halogens is 1. The van der Waals surface area contributed by atoms with E-state index >= 15 is 0 Å². The van der Waals surface area contributed by atoms with Crippen LogP contribution in [0.4, 0.5) is 0 Å². The predicted molar refractivity (Wildman–Crippen MR) is 118 cm³/mol. The number of fused-ring (bicyclic) bond motifs is 1. The van der Waals surface area contributed by atoms with Crippen molar-refractivity contribution >= 4 is 39.1 Å². The molecule has 0 radical (unpaired) electrons. The molecule has 1 aromatic carbocycles. The van der Waals surface area contributed by atoms with Crippen LogP contribution in [0.15, 0.2) is 30.3 Å². The number of para-hydroxylation sites is 1. The first-order valence-corrected chi connectivity index (χ1v) is 11.4. The molecule has 0 saturated carbocycles. The molecule has 1 aliphatic heterocycles. The third-order valence-electron chi connectivity index (χ3n) is 5.36. The van der Waals surface area contributed by atoms with Gasteiger partial charge in [-0.15, -0.1) is 11.3 Å². The minimum absolute atomic E-state index is 0.104. The van der Waals surface area contributed by atoms with Crippen LogP contribution in [0.2, 0.25) is 5.02 Å². The van der Waals surface area contributed by atoms with Crippen LogP contribution in [0.5, 0.6) is 0 Å². The molecule has 29 heavy (non-hydrogen) atoms. The van der Waals surface area contributed by atoms with Gasteiger partial charge in [0.15, 0.2) is 0 Å². The second kappa shape index (κ2) is 8.86. The van der Waals surface area contributed by atoms with Crippen molar-refractivity contribution < 1.29 is 9.53 Å². The number of aryl methyl sites for hydroxylation is 1. The van der Waals surface area contributed by atoms with Crippen molar-refractivity contribution in [2.24, 2.45) is 0 Å². The topological polar surface area (TPSA) is 47.4 Å². The summed E-state index contributed by atoms with van der Waals surface area (Å²) in [7, 11) is 0. The van der Waals surface area contributed by atoms with Gasteiger partial charge in [0, 0.05) is 25.1 Å². The molecule has 5 nitrogen and oxygen atoms in total. The SMILES string of the molecule is CCCO[C@@H]1CCCN(C(=O)c2cc3c(C)nn(-c4ccccc4Cl)c3s2)CC1. The number of aromatic nitrogens is 2. The number of rotatable bonds is 5. The average Bonchev–Trinajstić information content (AvgIpc) is 3.19. The van der Waals surface area contributed by atoms with Gasteiger partial charge in [-0.05, 0) is 50.8 Å². The minimum atomic E-state index is 0.104. The molecule has 1 atom stereocenters. The molecule has 1 aliphatic rings. The largest absolute Gasteiger partial charge is 0.378 e. The van der Waals surface area contributed by atoms with Crippen LogP contribution in [-0.4, -0.2) is 46.4 Å². The summed E-state index contributed by atoms with van der Waals surface area (Å²) in [4.78, 5) is 16.9. The number of benzene rings is 1. The third-order valence-corrected chi connectivity index (χ3v) is 6.77. The summed E-state index contributed by atoms with van der Waals surface area (Å²) in [5.74, 6) is 0.104. The molecule has 0 N–H and O–H groups in total. The Balaban J connectivity index is 1.58. The fourth-order valence-corrected chi connectivity index (χ4v) is 5.17. The van der Waals surface area contributed by atoms with Gasteiger partial charge in [-0.2, -0.15) is 5.10 Å². The van der Waals surface area contributed by atoms with Crippen molar-refractivity contribution in [1.82, 2.24) is 14.7 Å².